The average Bonchev–Trinajstić information content (AvgIpc) is 2.86. The van der Waals surface area contributed by atoms with Gasteiger partial charge in [0.1, 0.15) is 18.2 Å². The molecule has 0 radical (unpaired) electrons. The Bertz CT molecular complexity index is 587. The van der Waals surface area contributed by atoms with Crippen molar-refractivity contribution in [1.29, 1.82) is 0 Å². The van der Waals surface area contributed by atoms with E-state index in [1.54, 1.807) is 0 Å². The van der Waals surface area contributed by atoms with Crippen LogP contribution >= 0.6 is 0 Å². The van der Waals surface area contributed by atoms with E-state index in [0.717, 1.165) is 43.6 Å². The minimum absolute atomic E-state index is 0.435. The average molecular weight is 287 g/mol. The Kier molecular flexibility index (Phi) is 4.06. The van der Waals surface area contributed by atoms with Crippen LogP contribution in [0.1, 0.15) is 11.6 Å². The first kappa shape index (κ1) is 13.9. The molecule has 0 unspecified atom stereocenters. The smallest absolute Gasteiger partial charge is 0.170 e. The molecule has 1 aromatic carbocycles. The molecule has 1 aromatic heterocycles. The fourth-order valence-corrected chi connectivity index (χ4v) is 2.40. The summed E-state index contributed by atoms with van der Waals surface area (Å²) in [5, 5.41) is 11.5. The monoisotopic (exact) mass is 287 g/mol. The highest BCUT2D eigenvalue weighted by molar-refractivity contribution is 5.49. The number of nitrogens with one attached hydrogen (secondary N) is 1. The molecule has 0 saturated carbocycles. The van der Waals surface area contributed by atoms with Gasteiger partial charge in [0.25, 0.3) is 0 Å². The molecule has 3 rings (SSSR count). The Morgan fingerprint density at radius 1 is 1.14 bits per heavy atom. The number of piperazine rings is 1. The first-order valence-electron chi connectivity index (χ1n) is 7.27. The normalized spacial score (nSPS) is 15.2. The Balaban J connectivity index is 1.60. The molecule has 0 spiro atoms. The number of anilines is 1. The van der Waals surface area contributed by atoms with E-state index in [0.29, 0.717) is 6.61 Å². The second-order valence-corrected chi connectivity index (χ2v) is 5.24. The van der Waals surface area contributed by atoms with E-state index in [2.05, 4.69) is 32.5 Å². The summed E-state index contributed by atoms with van der Waals surface area (Å²) < 4.78 is 7.71. The number of nitrogens with zero attached hydrogens (tertiary/aromatic N) is 4. The number of rotatable bonds is 4. The number of hydrogen-bond donors (Lipinski definition) is 1. The minimum Gasteiger partial charge on any atom is -0.486 e. The third-order valence-corrected chi connectivity index (χ3v) is 3.87. The maximum Gasteiger partial charge on any atom is 0.170 e. The van der Waals surface area contributed by atoms with E-state index < -0.39 is 0 Å². The summed E-state index contributed by atoms with van der Waals surface area (Å²) in [6.45, 7) is 6.56. The van der Waals surface area contributed by atoms with Crippen molar-refractivity contribution in [2.75, 3.05) is 31.1 Å². The van der Waals surface area contributed by atoms with Gasteiger partial charge in [0, 0.05) is 38.9 Å². The summed E-state index contributed by atoms with van der Waals surface area (Å²) in [5.74, 6) is 2.58. The molecule has 2 aromatic rings. The van der Waals surface area contributed by atoms with Crippen LogP contribution < -0.4 is 15.0 Å². The highest BCUT2D eigenvalue weighted by Crippen LogP contribution is 2.20. The van der Waals surface area contributed by atoms with E-state index in [1.807, 2.05) is 30.7 Å². The number of ether oxygens (including phenoxy) is 1. The summed E-state index contributed by atoms with van der Waals surface area (Å²) >= 11 is 0. The molecule has 2 heterocycles. The molecule has 1 N–H and O–H groups in total. The van der Waals surface area contributed by atoms with Crippen molar-refractivity contribution in [3.05, 3.63) is 35.9 Å². The van der Waals surface area contributed by atoms with Crippen LogP contribution in [0.25, 0.3) is 0 Å². The Hall–Kier alpha value is -2.08. The molecule has 1 aliphatic rings. The molecule has 1 fully saturated rings. The van der Waals surface area contributed by atoms with Crippen molar-refractivity contribution in [2.45, 2.75) is 13.5 Å². The van der Waals surface area contributed by atoms with Gasteiger partial charge in [-0.2, -0.15) is 0 Å². The number of benzene rings is 1. The lowest BCUT2D eigenvalue weighted by atomic mass is 10.2. The van der Waals surface area contributed by atoms with Crippen LogP contribution in [0.5, 0.6) is 5.75 Å². The molecule has 21 heavy (non-hydrogen) atoms. The molecular formula is C15H21N5O. The second-order valence-electron chi connectivity index (χ2n) is 5.24. The van der Waals surface area contributed by atoms with E-state index in [4.69, 9.17) is 4.74 Å². The molecule has 1 saturated heterocycles. The zero-order chi connectivity index (χ0) is 14.7. The third kappa shape index (κ3) is 3.16. The van der Waals surface area contributed by atoms with Crippen LogP contribution in [0.3, 0.4) is 0 Å². The van der Waals surface area contributed by atoms with Crippen LogP contribution in [0.15, 0.2) is 24.3 Å². The predicted octanol–water partition coefficient (Wildman–Crippen LogP) is 1.11. The fraction of sp³-hybridized carbons (Fsp3) is 0.467. The van der Waals surface area contributed by atoms with Crippen molar-refractivity contribution in [1.82, 2.24) is 20.1 Å². The van der Waals surface area contributed by atoms with Gasteiger partial charge in [-0.15, -0.1) is 10.2 Å². The SMILES string of the molecule is Cc1nnc(COc2ccc(N3CCNCC3)cc2)n1C. The largest absolute Gasteiger partial charge is 0.486 e. The fourth-order valence-electron chi connectivity index (χ4n) is 2.40. The number of aromatic nitrogens is 3. The van der Waals surface area contributed by atoms with Crippen LogP contribution in [0.4, 0.5) is 5.69 Å². The molecule has 0 amide bonds. The summed E-state index contributed by atoms with van der Waals surface area (Å²) in [6.07, 6.45) is 0. The Morgan fingerprint density at radius 2 is 1.86 bits per heavy atom. The summed E-state index contributed by atoms with van der Waals surface area (Å²) in [4.78, 5) is 2.38. The molecular weight excluding hydrogens is 266 g/mol. The first-order chi connectivity index (χ1) is 10.2. The maximum absolute atomic E-state index is 5.77. The molecule has 6 nitrogen and oxygen atoms in total. The molecule has 0 bridgehead atoms. The van der Waals surface area contributed by atoms with Crippen molar-refractivity contribution in [2.24, 2.45) is 7.05 Å². The van der Waals surface area contributed by atoms with Crippen molar-refractivity contribution in [3.8, 4) is 5.75 Å². The van der Waals surface area contributed by atoms with Gasteiger partial charge < -0.3 is 19.5 Å². The summed E-state index contributed by atoms with van der Waals surface area (Å²) in [6, 6.07) is 8.26. The van der Waals surface area contributed by atoms with Gasteiger partial charge in [0.2, 0.25) is 0 Å². The summed E-state index contributed by atoms with van der Waals surface area (Å²) in [7, 11) is 1.95. The van der Waals surface area contributed by atoms with Crippen LogP contribution in [-0.2, 0) is 13.7 Å². The molecule has 112 valence electrons. The van der Waals surface area contributed by atoms with Crippen molar-refractivity contribution in [3.63, 3.8) is 0 Å². The lowest BCUT2D eigenvalue weighted by molar-refractivity contribution is 0.291. The first-order valence-corrected chi connectivity index (χ1v) is 7.27. The molecule has 0 aliphatic carbocycles. The van der Waals surface area contributed by atoms with Gasteiger partial charge in [-0.25, -0.2) is 0 Å². The molecule has 0 atom stereocenters. The summed E-state index contributed by atoms with van der Waals surface area (Å²) in [5.41, 5.74) is 1.25. The predicted molar refractivity (Wildman–Crippen MR) is 81.6 cm³/mol. The highest BCUT2D eigenvalue weighted by Gasteiger charge is 2.10. The van der Waals surface area contributed by atoms with E-state index in [9.17, 15) is 0 Å². The van der Waals surface area contributed by atoms with Gasteiger partial charge in [0.05, 0.1) is 0 Å². The van der Waals surface area contributed by atoms with Gasteiger partial charge in [-0.05, 0) is 31.2 Å². The lowest BCUT2D eigenvalue weighted by Gasteiger charge is -2.29. The maximum atomic E-state index is 5.77. The van der Waals surface area contributed by atoms with Gasteiger partial charge in [0.15, 0.2) is 5.82 Å². The number of aryl methyl sites for hydroxylation is 1. The minimum atomic E-state index is 0.435. The zero-order valence-corrected chi connectivity index (χ0v) is 12.5. The lowest BCUT2D eigenvalue weighted by Crippen LogP contribution is -2.43. The van der Waals surface area contributed by atoms with E-state index in [-0.39, 0.29) is 0 Å². The van der Waals surface area contributed by atoms with E-state index in [1.165, 1.54) is 5.69 Å². The molecule has 6 heteroatoms. The van der Waals surface area contributed by atoms with Crippen LogP contribution in [0.2, 0.25) is 0 Å². The van der Waals surface area contributed by atoms with Gasteiger partial charge in [-0.3, -0.25) is 0 Å². The number of hydrogen-bond acceptors (Lipinski definition) is 5. The zero-order valence-electron chi connectivity index (χ0n) is 12.5. The van der Waals surface area contributed by atoms with E-state index >= 15 is 0 Å². The standard InChI is InChI=1S/C15H21N5O/c1-12-17-18-15(19(12)2)11-21-14-5-3-13(4-6-14)20-9-7-16-8-10-20/h3-6,16H,7-11H2,1-2H3. The van der Waals surface area contributed by atoms with Crippen LogP contribution in [-0.4, -0.2) is 40.9 Å². The van der Waals surface area contributed by atoms with Gasteiger partial charge in [-0.1, -0.05) is 0 Å². The van der Waals surface area contributed by atoms with Crippen molar-refractivity contribution < 1.29 is 4.74 Å². The third-order valence-electron chi connectivity index (χ3n) is 3.87. The quantitative estimate of drug-likeness (QED) is 0.913. The molecule has 1 aliphatic heterocycles. The Labute approximate surface area is 124 Å². The van der Waals surface area contributed by atoms with Gasteiger partial charge >= 0.3 is 0 Å². The van der Waals surface area contributed by atoms with Crippen molar-refractivity contribution >= 4 is 5.69 Å². The highest BCUT2D eigenvalue weighted by atomic mass is 16.5. The Morgan fingerprint density at radius 3 is 2.48 bits per heavy atom. The van der Waals surface area contributed by atoms with Crippen LogP contribution in [0, 0.1) is 6.92 Å². The second kappa shape index (κ2) is 6.13. The topological polar surface area (TPSA) is 55.2 Å².